The number of nitrogen functional groups attached to an aromatic ring is 1. The van der Waals surface area contributed by atoms with Crippen LogP contribution in [0.4, 0.5) is 10.1 Å². The van der Waals surface area contributed by atoms with Gasteiger partial charge in [0.2, 0.25) is 0 Å². The summed E-state index contributed by atoms with van der Waals surface area (Å²) in [5.41, 5.74) is 7.21. The van der Waals surface area contributed by atoms with E-state index in [4.69, 9.17) is 17.3 Å². The monoisotopic (exact) mass is 341 g/mol. The van der Waals surface area contributed by atoms with Crippen molar-refractivity contribution in [2.45, 2.75) is 6.42 Å². The van der Waals surface area contributed by atoms with Gasteiger partial charge >= 0.3 is 0 Å². The van der Waals surface area contributed by atoms with Crippen molar-refractivity contribution >= 4 is 39.0 Å². The highest BCUT2D eigenvalue weighted by Gasteiger charge is 2.13. The largest absolute Gasteiger partial charge is 0.398 e. The molecule has 2 aromatic carbocycles. The van der Waals surface area contributed by atoms with Gasteiger partial charge in [-0.05, 0) is 35.9 Å². The van der Waals surface area contributed by atoms with Crippen LogP contribution in [0.2, 0.25) is 5.02 Å². The Balaban J connectivity index is 2.25. The molecule has 0 saturated carbocycles. The second-order valence-corrected chi connectivity index (χ2v) is 5.39. The van der Waals surface area contributed by atoms with Gasteiger partial charge in [0.25, 0.3) is 0 Å². The molecule has 5 heteroatoms. The van der Waals surface area contributed by atoms with Crippen molar-refractivity contribution in [1.29, 1.82) is 0 Å². The molecule has 0 heterocycles. The van der Waals surface area contributed by atoms with Crippen LogP contribution >= 0.6 is 27.5 Å². The lowest BCUT2D eigenvalue weighted by Crippen LogP contribution is -2.07. The van der Waals surface area contributed by atoms with Crippen molar-refractivity contribution in [3.8, 4) is 0 Å². The zero-order valence-electron chi connectivity index (χ0n) is 9.79. The summed E-state index contributed by atoms with van der Waals surface area (Å²) < 4.78 is 13.7. The molecular formula is C14H10BrClFNO. The quantitative estimate of drug-likeness (QED) is 0.669. The van der Waals surface area contributed by atoms with Gasteiger partial charge in [-0.25, -0.2) is 4.39 Å². The number of Topliss-reactive ketones (excluding diaryl/α,β-unsaturated/α-hetero) is 1. The highest BCUT2D eigenvalue weighted by Crippen LogP contribution is 2.23. The van der Waals surface area contributed by atoms with E-state index < -0.39 is 5.82 Å². The molecule has 0 fully saturated rings. The summed E-state index contributed by atoms with van der Waals surface area (Å²) in [6.07, 6.45) is 0.0882. The number of benzene rings is 2. The van der Waals surface area contributed by atoms with E-state index in [0.717, 1.165) is 4.47 Å². The highest BCUT2D eigenvalue weighted by molar-refractivity contribution is 9.10. The van der Waals surface area contributed by atoms with Crippen LogP contribution in [0, 0.1) is 5.82 Å². The minimum absolute atomic E-state index is 0.0882. The predicted octanol–water partition coefficient (Wildman–Crippen LogP) is 4.25. The molecule has 0 radical (unpaired) electrons. The summed E-state index contributed by atoms with van der Waals surface area (Å²) >= 11 is 9.17. The summed E-state index contributed by atoms with van der Waals surface area (Å²) in [7, 11) is 0. The van der Waals surface area contributed by atoms with Crippen LogP contribution in [0.3, 0.4) is 0 Å². The standard InChI is InChI=1S/C14H10BrClFNO/c15-9-2-4-11(13(18)6-9)14(19)5-8-1-3-10(17)7-12(8)16/h1-4,6-7H,5,18H2. The van der Waals surface area contributed by atoms with E-state index in [1.54, 1.807) is 18.2 Å². The molecule has 19 heavy (non-hydrogen) atoms. The fourth-order valence-electron chi connectivity index (χ4n) is 1.72. The molecule has 2 rings (SSSR count). The average molecular weight is 343 g/mol. The Bertz CT molecular complexity index is 645. The molecule has 0 aliphatic carbocycles. The normalized spacial score (nSPS) is 10.5. The van der Waals surface area contributed by atoms with Gasteiger partial charge < -0.3 is 5.73 Å². The van der Waals surface area contributed by atoms with E-state index in [-0.39, 0.29) is 17.2 Å². The Morgan fingerprint density at radius 2 is 2.00 bits per heavy atom. The van der Waals surface area contributed by atoms with Gasteiger partial charge in [-0.15, -0.1) is 0 Å². The number of rotatable bonds is 3. The number of hydrogen-bond acceptors (Lipinski definition) is 2. The van der Waals surface area contributed by atoms with Crippen molar-refractivity contribution < 1.29 is 9.18 Å². The SMILES string of the molecule is Nc1cc(Br)ccc1C(=O)Cc1ccc(F)cc1Cl. The Morgan fingerprint density at radius 3 is 2.63 bits per heavy atom. The first kappa shape index (κ1) is 14.0. The smallest absolute Gasteiger partial charge is 0.169 e. The fourth-order valence-corrected chi connectivity index (χ4v) is 2.33. The van der Waals surface area contributed by atoms with Crippen LogP contribution in [0.25, 0.3) is 0 Å². The van der Waals surface area contributed by atoms with E-state index in [9.17, 15) is 9.18 Å². The average Bonchev–Trinajstić information content (AvgIpc) is 2.32. The number of nitrogens with two attached hydrogens (primary N) is 1. The Hall–Kier alpha value is -1.39. The van der Waals surface area contributed by atoms with Gasteiger partial charge in [0.05, 0.1) is 0 Å². The van der Waals surface area contributed by atoms with Gasteiger partial charge in [-0.3, -0.25) is 4.79 Å². The van der Waals surface area contributed by atoms with Gasteiger partial charge in [-0.2, -0.15) is 0 Å². The van der Waals surface area contributed by atoms with Crippen LogP contribution < -0.4 is 5.73 Å². The van der Waals surface area contributed by atoms with Crippen LogP contribution in [-0.4, -0.2) is 5.78 Å². The van der Waals surface area contributed by atoms with Crippen LogP contribution in [0.5, 0.6) is 0 Å². The first-order valence-corrected chi connectivity index (χ1v) is 6.66. The molecule has 0 bridgehead atoms. The molecule has 0 saturated heterocycles. The molecule has 2 N–H and O–H groups in total. The molecule has 0 aromatic heterocycles. The maximum Gasteiger partial charge on any atom is 0.169 e. The highest BCUT2D eigenvalue weighted by atomic mass is 79.9. The predicted molar refractivity (Wildman–Crippen MR) is 78.0 cm³/mol. The van der Waals surface area contributed by atoms with Crippen LogP contribution in [0.1, 0.15) is 15.9 Å². The zero-order valence-corrected chi connectivity index (χ0v) is 12.1. The number of ketones is 1. The third kappa shape index (κ3) is 3.33. The fraction of sp³-hybridized carbons (Fsp3) is 0.0714. The molecule has 0 aliphatic heterocycles. The van der Waals surface area contributed by atoms with E-state index in [0.29, 0.717) is 16.8 Å². The molecule has 0 spiro atoms. The van der Waals surface area contributed by atoms with E-state index >= 15 is 0 Å². The van der Waals surface area contributed by atoms with Gasteiger partial charge in [0, 0.05) is 27.2 Å². The van der Waals surface area contributed by atoms with Gasteiger partial charge in [0.15, 0.2) is 5.78 Å². The van der Waals surface area contributed by atoms with Crippen molar-refractivity contribution in [2.24, 2.45) is 0 Å². The van der Waals surface area contributed by atoms with E-state index in [1.165, 1.54) is 18.2 Å². The lowest BCUT2D eigenvalue weighted by atomic mass is 10.0. The van der Waals surface area contributed by atoms with Crippen molar-refractivity contribution in [3.63, 3.8) is 0 Å². The summed E-state index contributed by atoms with van der Waals surface area (Å²) in [6, 6.07) is 9.04. The van der Waals surface area contributed by atoms with Crippen molar-refractivity contribution in [2.75, 3.05) is 5.73 Å². The van der Waals surface area contributed by atoms with E-state index in [2.05, 4.69) is 15.9 Å². The van der Waals surface area contributed by atoms with Crippen molar-refractivity contribution in [1.82, 2.24) is 0 Å². The molecular weight excluding hydrogens is 333 g/mol. The van der Waals surface area contributed by atoms with Gasteiger partial charge in [-0.1, -0.05) is 33.6 Å². The number of carbonyl (C=O) groups is 1. The van der Waals surface area contributed by atoms with E-state index in [1.807, 2.05) is 0 Å². The maximum absolute atomic E-state index is 12.9. The molecule has 0 atom stereocenters. The molecule has 0 amide bonds. The topological polar surface area (TPSA) is 43.1 Å². The molecule has 0 unspecified atom stereocenters. The van der Waals surface area contributed by atoms with Crippen LogP contribution in [0.15, 0.2) is 40.9 Å². The second-order valence-electron chi connectivity index (χ2n) is 4.07. The number of hydrogen-bond donors (Lipinski definition) is 1. The first-order valence-electron chi connectivity index (χ1n) is 5.49. The Labute approximate surface area is 123 Å². The number of halogens is 3. The molecule has 2 nitrogen and oxygen atoms in total. The summed E-state index contributed by atoms with van der Waals surface area (Å²) in [4.78, 5) is 12.1. The second kappa shape index (κ2) is 5.72. The number of carbonyl (C=O) groups excluding carboxylic acids is 1. The summed E-state index contributed by atoms with van der Waals surface area (Å²) in [5, 5.41) is 0.240. The Kier molecular flexibility index (Phi) is 4.22. The zero-order chi connectivity index (χ0) is 14.0. The summed E-state index contributed by atoms with van der Waals surface area (Å²) in [6.45, 7) is 0. The minimum Gasteiger partial charge on any atom is -0.398 e. The first-order chi connectivity index (χ1) is 8.97. The molecule has 2 aromatic rings. The van der Waals surface area contributed by atoms with Crippen molar-refractivity contribution in [3.05, 3.63) is 62.8 Å². The number of anilines is 1. The lowest BCUT2D eigenvalue weighted by molar-refractivity contribution is 0.0994. The summed E-state index contributed by atoms with van der Waals surface area (Å²) in [5.74, 6) is -0.581. The molecule has 0 aliphatic rings. The van der Waals surface area contributed by atoms with Gasteiger partial charge in [0.1, 0.15) is 5.82 Å². The maximum atomic E-state index is 12.9. The van der Waals surface area contributed by atoms with Crippen LogP contribution in [-0.2, 0) is 6.42 Å². The molecule has 98 valence electrons. The minimum atomic E-state index is -0.427. The Morgan fingerprint density at radius 1 is 1.26 bits per heavy atom. The lowest BCUT2D eigenvalue weighted by Gasteiger charge is -2.07. The third-order valence-corrected chi connectivity index (χ3v) is 3.53. The third-order valence-electron chi connectivity index (χ3n) is 2.68.